The molecule has 1 atom stereocenters. The maximum absolute atomic E-state index is 11.5. The zero-order valence-corrected chi connectivity index (χ0v) is 10.1. The van der Waals surface area contributed by atoms with Gasteiger partial charge in [0.1, 0.15) is 0 Å². The molecule has 1 fully saturated rings. The standard InChI is InChI=1S/C11H18N4O3/c16-9(7-14-5-3-12-4-6-14)8-15-11(18)2-1-10(17)13-15/h1-2,9,12,16H,3-8H2,(H,13,17). The Morgan fingerprint density at radius 2 is 1.94 bits per heavy atom. The summed E-state index contributed by atoms with van der Waals surface area (Å²) in [6.07, 6.45) is -0.668. The average molecular weight is 254 g/mol. The first-order valence-electron chi connectivity index (χ1n) is 6.06. The molecule has 0 bridgehead atoms. The Bertz CT molecular complexity index is 490. The highest BCUT2D eigenvalue weighted by atomic mass is 16.3. The van der Waals surface area contributed by atoms with Crippen molar-refractivity contribution in [2.24, 2.45) is 0 Å². The van der Waals surface area contributed by atoms with Crippen LogP contribution in [0.4, 0.5) is 0 Å². The first-order chi connectivity index (χ1) is 8.65. The molecule has 0 aliphatic carbocycles. The number of nitrogens with one attached hydrogen (secondary N) is 2. The second-order valence-electron chi connectivity index (χ2n) is 4.46. The van der Waals surface area contributed by atoms with Crippen molar-refractivity contribution in [3.8, 4) is 0 Å². The van der Waals surface area contributed by atoms with Crippen LogP contribution >= 0.6 is 0 Å². The van der Waals surface area contributed by atoms with E-state index >= 15 is 0 Å². The SMILES string of the molecule is O=c1ccc(=O)n(CC(O)CN2CCNCC2)[nH]1. The Morgan fingerprint density at radius 3 is 2.67 bits per heavy atom. The van der Waals surface area contributed by atoms with Crippen molar-refractivity contribution in [1.29, 1.82) is 0 Å². The minimum Gasteiger partial charge on any atom is -0.390 e. The highest BCUT2D eigenvalue weighted by molar-refractivity contribution is 4.86. The monoisotopic (exact) mass is 254 g/mol. The lowest BCUT2D eigenvalue weighted by atomic mass is 10.3. The number of rotatable bonds is 4. The number of hydrogen-bond acceptors (Lipinski definition) is 5. The molecule has 0 radical (unpaired) electrons. The van der Waals surface area contributed by atoms with Crippen LogP contribution in [0.5, 0.6) is 0 Å². The lowest BCUT2D eigenvalue weighted by Crippen LogP contribution is -2.47. The molecule has 1 aromatic heterocycles. The lowest BCUT2D eigenvalue weighted by Gasteiger charge is -2.29. The molecule has 0 spiro atoms. The van der Waals surface area contributed by atoms with Gasteiger partial charge in [0, 0.05) is 44.9 Å². The fourth-order valence-electron chi connectivity index (χ4n) is 2.06. The summed E-state index contributed by atoms with van der Waals surface area (Å²) in [4.78, 5) is 24.7. The van der Waals surface area contributed by atoms with Crippen molar-refractivity contribution < 1.29 is 5.11 Å². The highest BCUT2D eigenvalue weighted by Gasteiger charge is 2.15. The Kier molecular flexibility index (Phi) is 4.29. The number of H-pyrrole nitrogens is 1. The van der Waals surface area contributed by atoms with Gasteiger partial charge < -0.3 is 10.4 Å². The molecular weight excluding hydrogens is 236 g/mol. The fourth-order valence-corrected chi connectivity index (χ4v) is 2.06. The number of aromatic nitrogens is 2. The fraction of sp³-hybridized carbons (Fsp3) is 0.636. The van der Waals surface area contributed by atoms with E-state index in [0.29, 0.717) is 6.54 Å². The molecule has 7 heteroatoms. The third-order valence-electron chi connectivity index (χ3n) is 2.96. The van der Waals surface area contributed by atoms with Crippen LogP contribution in [-0.2, 0) is 6.54 Å². The van der Waals surface area contributed by atoms with Crippen LogP contribution in [0.1, 0.15) is 0 Å². The van der Waals surface area contributed by atoms with Crippen LogP contribution in [0.25, 0.3) is 0 Å². The molecule has 1 aromatic rings. The Hall–Kier alpha value is -1.44. The normalized spacial score (nSPS) is 18.7. The molecule has 1 aliphatic rings. The van der Waals surface area contributed by atoms with Gasteiger partial charge in [-0.05, 0) is 0 Å². The number of aliphatic hydroxyl groups is 1. The Labute approximate surface area is 104 Å². The van der Waals surface area contributed by atoms with E-state index in [1.807, 2.05) is 0 Å². The molecule has 1 saturated heterocycles. The van der Waals surface area contributed by atoms with Gasteiger partial charge >= 0.3 is 0 Å². The van der Waals surface area contributed by atoms with Gasteiger partial charge in [0.2, 0.25) is 0 Å². The molecule has 1 aliphatic heterocycles. The number of aromatic amines is 1. The third-order valence-corrected chi connectivity index (χ3v) is 2.96. The number of β-amino-alcohol motifs (C(OH)–C–C–N with tert-alkyl or cyclic N) is 1. The summed E-state index contributed by atoms with van der Waals surface area (Å²) < 4.78 is 1.15. The summed E-state index contributed by atoms with van der Waals surface area (Å²) in [5, 5.41) is 15.6. The predicted molar refractivity (Wildman–Crippen MR) is 66.6 cm³/mol. The summed E-state index contributed by atoms with van der Waals surface area (Å²) in [6, 6.07) is 2.39. The van der Waals surface area contributed by atoms with E-state index in [-0.39, 0.29) is 17.7 Å². The zero-order chi connectivity index (χ0) is 13.0. The van der Waals surface area contributed by atoms with Crippen molar-refractivity contribution >= 4 is 0 Å². The van der Waals surface area contributed by atoms with E-state index in [1.54, 1.807) is 0 Å². The van der Waals surface area contributed by atoms with Crippen molar-refractivity contribution in [3.05, 3.63) is 32.8 Å². The molecule has 100 valence electrons. The van der Waals surface area contributed by atoms with E-state index in [2.05, 4.69) is 15.3 Å². The van der Waals surface area contributed by atoms with Crippen LogP contribution in [0.3, 0.4) is 0 Å². The third kappa shape index (κ3) is 3.52. The molecule has 1 unspecified atom stereocenters. The average Bonchev–Trinajstić information content (AvgIpc) is 2.35. The first kappa shape index (κ1) is 13.0. The number of hydrogen-bond donors (Lipinski definition) is 3. The van der Waals surface area contributed by atoms with Gasteiger partial charge in [-0.15, -0.1) is 0 Å². The molecule has 2 heterocycles. The van der Waals surface area contributed by atoms with Gasteiger partial charge in [0.15, 0.2) is 0 Å². The molecule has 7 nitrogen and oxygen atoms in total. The van der Waals surface area contributed by atoms with E-state index in [9.17, 15) is 14.7 Å². The maximum Gasteiger partial charge on any atom is 0.265 e. The van der Waals surface area contributed by atoms with Gasteiger partial charge in [-0.3, -0.25) is 19.6 Å². The number of nitrogens with zero attached hydrogens (tertiary/aromatic N) is 2. The van der Waals surface area contributed by atoms with Gasteiger partial charge in [-0.25, -0.2) is 4.68 Å². The summed E-state index contributed by atoms with van der Waals surface area (Å²) in [5.74, 6) is 0. The minimum absolute atomic E-state index is 0.110. The maximum atomic E-state index is 11.5. The van der Waals surface area contributed by atoms with Crippen molar-refractivity contribution in [3.63, 3.8) is 0 Å². The van der Waals surface area contributed by atoms with E-state index < -0.39 is 6.10 Å². The highest BCUT2D eigenvalue weighted by Crippen LogP contribution is 1.96. The van der Waals surface area contributed by atoms with E-state index in [4.69, 9.17) is 0 Å². The van der Waals surface area contributed by atoms with Crippen LogP contribution in [0.15, 0.2) is 21.7 Å². The summed E-state index contributed by atoms with van der Waals surface area (Å²) >= 11 is 0. The molecule has 18 heavy (non-hydrogen) atoms. The zero-order valence-electron chi connectivity index (χ0n) is 10.1. The molecule has 0 amide bonds. The number of aliphatic hydroxyl groups excluding tert-OH is 1. The molecular formula is C11H18N4O3. The first-order valence-corrected chi connectivity index (χ1v) is 6.06. The smallest absolute Gasteiger partial charge is 0.265 e. The van der Waals surface area contributed by atoms with Crippen LogP contribution in [0, 0.1) is 0 Å². The lowest BCUT2D eigenvalue weighted by molar-refractivity contribution is 0.0875. The van der Waals surface area contributed by atoms with E-state index in [0.717, 1.165) is 30.9 Å². The van der Waals surface area contributed by atoms with Crippen LogP contribution in [-0.4, -0.2) is 58.6 Å². The van der Waals surface area contributed by atoms with Crippen LogP contribution < -0.4 is 16.4 Å². The van der Waals surface area contributed by atoms with Crippen molar-refractivity contribution in [2.45, 2.75) is 12.6 Å². The quantitative estimate of drug-likeness (QED) is 0.567. The number of piperazine rings is 1. The molecule has 3 N–H and O–H groups in total. The van der Waals surface area contributed by atoms with Crippen LogP contribution in [0.2, 0.25) is 0 Å². The second kappa shape index (κ2) is 5.94. The largest absolute Gasteiger partial charge is 0.390 e. The second-order valence-corrected chi connectivity index (χ2v) is 4.46. The summed E-state index contributed by atoms with van der Waals surface area (Å²) in [5.41, 5.74) is -0.655. The molecule has 0 aromatic carbocycles. The summed E-state index contributed by atoms with van der Waals surface area (Å²) in [6.45, 7) is 4.21. The van der Waals surface area contributed by atoms with Crippen molar-refractivity contribution in [2.75, 3.05) is 32.7 Å². The summed E-state index contributed by atoms with van der Waals surface area (Å²) in [7, 11) is 0. The van der Waals surface area contributed by atoms with Crippen molar-refractivity contribution in [1.82, 2.24) is 20.0 Å². The molecule has 2 rings (SSSR count). The van der Waals surface area contributed by atoms with E-state index in [1.165, 1.54) is 12.1 Å². The minimum atomic E-state index is -0.668. The van der Waals surface area contributed by atoms with Gasteiger partial charge in [-0.1, -0.05) is 0 Å². The Balaban J connectivity index is 1.93. The van der Waals surface area contributed by atoms with Gasteiger partial charge in [0.25, 0.3) is 11.1 Å². The van der Waals surface area contributed by atoms with Gasteiger partial charge in [-0.2, -0.15) is 0 Å². The molecule has 0 saturated carbocycles. The topological polar surface area (TPSA) is 90.4 Å². The van der Waals surface area contributed by atoms with Gasteiger partial charge in [0.05, 0.1) is 12.6 Å². The predicted octanol–water partition coefficient (Wildman–Crippen LogP) is -2.20. The Morgan fingerprint density at radius 1 is 1.22 bits per heavy atom.